The standard InChI is InChI=1S/C26H49N5O8.C12H17NO2.2ClH.Co/c1-22(32)29(37)19-9-3-2-6-12-23(33)13-15-25(35)30(38)21-11-5-8-18-28-24(34)14-16-26(36)31(39)20-10-4-7-17-27;1-9-7-11(13(15)12(14)8-9)10-5-3-2-4-6-10;;;/h37-39H,2-21,27H2,1H3,(H,28,34);7-8,10,15H,2-6H2,1H3;2*1H;/q;;;;+2/p-2. The van der Waals surface area contributed by atoms with Crippen LogP contribution in [0.4, 0.5) is 0 Å². The Balaban J connectivity index is 0.00000142. The van der Waals surface area contributed by atoms with E-state index in [1.54, 1.807) is 0 Å². The van der Waals surface area contributed by atoms with Gasteiger partial charge in [0.1, 0.15) is 5.78 Å². The van der Waals surface area contributed by atoms with E-state index >= 15 is 0 Å². The molecule has 331 valence electrons. The summed E-state index contributed by atoms with van der Waals surface area (Å²) < 4.78 is 0.822. The van der Waals surface area contributed by atoms with Gasteiger partial charge in [-0.3, -0.25) is 44.4 Å². The van der Waals surface area contributed by atoms with Gasteiger partial charge in [-0.2, -0.15) is 4.73 Å². The number of hydroxylamine groups is 6. The molecule has 1 heterocycles. The van der Waals surface area contributed by atoms with E-state index in [2.05, 4.69) is 5.32 Å². The summed E-state index contributed by atoms with van der Waals surface area (Å²) >= 11 is 0.382. The Kier molecular flexibility index (Phi) is 32.5. The summed E-state index contributed by atoms with van der Waals surface area (Å²) in [5, 5.41) is 43.1. The summed E-state index contributed by atoms with van der Waals surface area (Å²) in [5.74, 6) is -1.38. The molecule has 1 aliphatic rings. The minimum atomic E-state index is -0.508. The summed E-state index contributed by atoms with van der Waals surface area (Å²) in [5.41, 5.74) is 6.81. The number of rotatable bonds is 25. The molecule has 1 aliphatic carbocycles. The van der Waals surface area contributed by atoms with Crippen molar-refractivity contribution in [3.8, 4) is 0 Å². The first kappa shape index (κ1) is 54.2. The number of pyridine rings is 1. The van der Waals surface area contributed by atoms with Crippen molar-refractivity contribution < 1.29 is 57.7 Å². The predicted octanol–water partition coefficient (Wildman–Crippen LogP) is 5.97. The summed E-state index contributed by atoms with van der Waals surface area (Å²) in [6.45, 7) is 4.77. The number of carbonyl (C=O) groups excluding carboxylic acids is 5. The average Bonchev–Trinajstić information content (AvgIpc) is 3.19. The fraction of sp³-hybridized carbons (Fsp3) is 0.737. The number of hydrogen-bond acceptors (Lipinski definition) is 11. The van der Waals surface area contributed by atoms with Gasteiger partial charge in [0.15, 0.2) is 0 Å². The van der Waals surface area contributed by atoms with E-state index in [0.29, 0.717) is 92.0 Å². The molecule has 4 amide bonds. The number of carbonyl (C=O) groups is 5. The summed E-state index contributed by atoms with van der Waals surface area (Å²) in [6, 6.07) is 3.39. The molecular formula is C38H66Cl2CoN6O10. The second kappa shape index (κ2) is 34.1. The first-order chi connectivity index (χ1) is 27.2. The van der Waals surface area contributed by atoms with Gasteiger partial charge in [0.2, 0.25) is 23.6 Å². The average molecular weight is 897 g/mol. The molecule has 1 saturated carbocycles. The van der Waals surface area contributed by atoms with Gasteiger partial charge < -0.3 is 16.3 Å². The fourth-order valence-corrected chi connectivity index (χ4v) is 6.06. The molecule has 0 atom stereocenters. The number of nitrogens with two attached hydrogens (primary N) is 1. The van der Waals surface area contributed by atoms with Gasteiger partial charge in [0.25, 0.3) is 5.56 Å². The number of nitrogens with one attached hydrogen (secondary N) is 1. The van der Waals surface area contributed by atoms with Crippen molar-refractivity contribution in [1.29, 1.82) is 0 Å². The first-order valence-electron chi connectivity index (χ1n) is 19.9. The Bertz CT molecular complexity index is 1370. The number of ketones is 1. The molecule has 16 nitrogen and oxygen atoms in total. The fourth-order valence-electron chi connectivity index (χ4n) is 6.06. The van der Waals surface area contributed by atoms with Crippen molar-refractivity contribution in [2.75, 3.05) is 32.7 Å². The number of nitrogens with zero attached hydrogens (tertiary/aromatic N) is 4. The van der Waals surface area contributed by atoms with Gasteiger partial charge in [-0.1, -0.05) is 38.5 Å². The monoisotopic (exact) mass is 895 g/mol. The molecule has 1 fully saturated rings. The van der Waals surface area contributed by atoms with E-state index in [9.17, 15) is 49.6 Å². The first-order valence-corrected chi connectivity index (χ1v) is 22.7. The Morgan fingerprint density at radius 3 is 1.82 bits per heavy atom. The molecule has 19 heteroatoms. The van der Waals surface area contributed by atoms with Crippen LogP contribution < -0.4 is 16.6 Å². The second-order valence-corrected chi connectivity index (χ2v) is 15.8. The number of hydrogen-bond donors (Lipinski definition) is 6. The molecule has 7 N–H and O–H groups in total. The molecule has 0 unspecified atom stereocenters. The molecule has 0 saturated heterocycles. The molecule has 0 spiro atoms. The van der Waals surface area contributed by atoms with Crippen molar-refractivity contribution in [2.45, 2.75) is 148 Å². The summed E-state index contributed by atoms with van der Waals surface area (Å²) in [6.07, 6.45) is 13.1. The van der Waals surface area contributed by atoms with Crippen LogP contribution in [-0.2, 0) is 36.9 Å². The molecule has 1 aromatic rings. The van der Waals surface area contributed by atoms with E-state index in [4.69, 9.17) is 26.0 Å². The molecule has 0 aromatic carbocycles. The van der Waals surface area contributed by atoms with E-state index < -0.39 is 17.7 Å². The van der Waals surface area contributed by atoms with Crippen LogP contribution in [0.5, 0.6) is 0 Å². The van der Waals surface area contributed by atoms with Gasteiger partial charge in [0, 0.05) is 77.2 Å². The van der Waals surface area contributed by atoms with Crippen molar-refractivity contribution in [3.63, 3.8) is 0 Å². The van der Waals surface area contributed by atoms with Gasteiger partial charge >= 0.3 is 33.2 Å². The second-order valence-electron chi connectivity index (χ2n) is 14.1. The topological polar surface area (TPSA) is 236 Å². The zero-order chi connectivity index (χ0) is 43.0. The number of aryl methyl sites for hydroxylation is 1. The van der Waals surface area contributed by atoms with Crippen molar-refractivity contribution >= 4 is 49.7 Å². The molecular weight excluding hydrogens is 830 g/mol. The van der Waals surface area contributed by atoms with Gasteiger partial charge in [-0.05, 0) is 82.9 Å². The molecule has 0 radical (unpaired) electrons. The maximum atomic E-state index is 12.0. The van der Waals surface area contributed by atoms with E-state index in [1.165, 1.54) is 32.3 Å². The summed E-state index contributed by atoms with van der Waals surface area (Å²) in [4.78, 5) is 70.0. The van der Waals surface area contributed by atoms with Gasteiger partial charge in [-0.25, -0.2) is 15.2 Å². The third-order valence-corrected chi connectivity index (χ3v) is 9.34. The van der Waals surface area contributed by atoms with Crippen molar-refractivity contribution in [3.05, 3.63) is 33.7 Å². The summed E-state index contributed by atoms with van der Waals surface area (Å²) in [7, 11) is 9.47. The van der Waals surface area contributed by atoms with Crippen LogP contribution in [-0.4, -0.2) is 103 Å². The van der Waals surface area contributed by atoms with Crippen LogP contribution >= 0.6 is 20.3 Å². The molecule has 0 bridgehead atoms. The van der Waals surface area contributed by atoms with Crippen LogP contribution in [0.25, 0.3) is 0 Å². The van der Waals surface area contributed by atoms with Crippen LogP contribution in [0.15, 0.2) is 16.9 Å². The zero-order valence-corrected chi connectivity index (χ0v) is 36.2. The van der Waals surface area contributed by atoms with Crippen LogP contribution in [0, 0.1) is 6.92 Å². The number of Topliss-reactive ketones (excluding diaryl/α,β-unsaturated/α-hetero) is 1. The van der Waals surface area contributed by atoms with Crippen molar-refractivity contribution in [1.82, 2.24) is 25.2 Å². The van der Waals surface area contributed by atoms with Crippen LogP contribution in [0.2, 0.25) is 0 Å². The Morgan fingerprint density at radius 1 is 0.754 bits per heavy atom. The van der Waals surface area contributed by atoms with Crippen molar-refractivity contribution in [2.24, 2.45) is 5.73 Å². The third-order valence-electron chi connectivity index (χ3n) is 9.34. The number of amides is 4. The van der Waals surface area contributed by atoms with E-state index in [0.717, 1.165) is 54.5 Å². The molecule has 0 aliphatic heterocycles. The Labute approximate surface area is 351 Å². The number of halogens is 2. The number of aromatic nitrogens is 1. The zero-order valence-electron chi connectivity index (χ0n) is 33.6. The van der Waals surface area contributed by atoms with Crippen LogP contribution in [0.1, 0.15) is 153 Å². The quantitative estimate of drug-likeness (QED) is 0.0289. The normalized spacial score (nSPS) is 12.4. The maximum absolute atomic E-state index is 12.0. The van der Waals surface area contributed by atoms with Gasteiger partial charge in [0.05, 0.1) is 5.69 Å². The van der Waals surface area contributed by atoms with Crippen LogP contribution in [0.3, 0.4) is 0 Å². The Morgan fingerprint density at radius 2 is 1.26 bits per heavy atom. The Hall–Kier alpha value is -2.77. The van der Waals surface area contributed by atoms with Gasteiger partial charge in [-0.15, -0.1) is 0 Å². The third kappa shape index (κ3) is 27.5. The molecule has 57 heavy (non-hydrogen) atoms. The molecule has 2 rings (SSSR count). The molecule has 1 aromatic heterocycles. The van der Waals surface area contributed by atoms with E-state index in [-0.39, 0.29) is 62.6 Å². The predicted molar refractivity (Wildman–Crippen MR) is 213 cm³/mol. The van der Waals surface area contributed by atoms with E-state index in [1.807, 2.05) is 13.0 Å². The SMILES string of the molecule is CC(=O)N(O)CCCCCCC(=O)CCC(=O)N(O)CCCCCNC(=O)CCC(=O)N(O)CCCCCN.Cc1cc(C2CCCCC2)n(O)c(=O)c1.[Cl][Co][Cl]. The number of unbranched alkanes of at least 4 members (excludes halogenated alkanes) is 7. The minimum absolute atomic E-state index is 0.0140.